The molecule has 0 fully saturated rings. The van der Waals surface area contributed by atoms with Gasteiger partial charge >= 0.3 is 0 Å². The molecular weight excluding hydrogens is 234 g/mol. The zero-order valence-corrected chi connectivity index (χ0v) is 11.6. The van der Waals surface area contributed by atoms with Crippen molar-refractivity contribution in [1.82, 2.24) is 5.32 Å². The summed E-state index contributed by atoms with van der Waals surface area (Å²) >= 11 is 1.55. The van der Waals surface area contributed by atoms with Crippen LogP contribution < -0.4 is 5.32 Å². The number of aliphatic hydroxyl groups excluding tert-OH is 1. The van der Waals surface area contributed by atoms with E-state index in [1.807, 2.05) is 6.07 Å². The van der Waals surface area contributed by atoms with Gasteiger partial charge in [0.1, 0.15) is 0 Å². The summed E-state index contributed by atoms with van der Waals surface area (Å²) in [5.41, 5.74) is 1.28. The first-order valence-electron chi connectivity index (χ1n) is 6.10. The molecule has 1 unspecified atom stereocenters. The molecule has 0 spiro atoms. The lowest BCUT2D eigenvalue weighted by molar-refractivity contribution is 0.0949. The summed E-state index contributed by atoms with van der Waals surface area (Å²) in [5.74, 6) is -0.0268. The fraction of sp³-hybridized carbons (Fsp3) is 0.615. The number of carbonyl (C=O) groups excluding carboxylic acids is 1. The molecule has 1 aromatic rings. The van der Waals surface area contributed by atoms with E-state index < -0.39 is 0 Å². The first-order chi connectivity index (χ1) is 8.04. The molecule has 4 heteroatoms. The van der Waals surface area contributed by atoms with Gasteiger partial charge in [0, 0.05) is 11.4 Å². The Labute approximate surface area is 107 Å². The van der Waals surface area contributed by atoms with Crippen LogP contribution in [0.3, 0.4) is 0 Å². The van der Waals surface area contributed by atoms with Gasteiger partial charge in [0.25, 0.3) is 5.91 Å². The van der Waals surface area contributed by atoms with Gasteiger partial charge in [-0.3, -0.25) is 4.79 Å². The van der Waals surface area contributed by atoms with Gasteiger partial charge in [-0.05, 0) is 38.3 Å². The van der Waals surface area contributed by atoms with E-state index in [-0.39, 0.29) is 12.0 Å². The van der Waals surface area contributed by atoms with Crippen LogP contribution >= 0.6 is 11.3 Å². The number of carbonyl (C=O) groups is 1. The maximum Gasteiger partial charge on any atom is 0.261 e. The van der Waals surface area contributed by atoms with Gasteiger partial charge in [-0.15, -0.1) is 11.3 Å². The Kier molecular flexibility index (Phi) is 5.65. The molecular formula is C13H21NO2S. The van der Waals surface area contributed by atoms with Gasteiger partial charge in [0.05, 0.1) is 11.0 Å². The molecule has 0 aliphatic rings. The molecule has 1 atom stereocenters. The van der Waals surface area contributed by atoms with Crippen molar-refractivity contribution in [3.8, 4) is 0 Å². The van der Waals surface area contributed by atoms with Crippen molar-refractivity contribution >= 4 is 17.2 Å². The molecule has 0 radical (unpaired) electrons. The standard InChI is InChI=1S/C13H21NO2S/c1-4-5-11-8-12(17-10(11)3)13(16)14-7-6-9(2)15/h8-9,15H,4-7H2,1-3H3,(H,14,16). The van der Waals surface area contributed by atoms with Crippen molar-refractivity contribution in [2.75, 3.05) is 6.54 Å². The Morgan fingerprint density at radius 2 is 2.29 bits per heavy atom. The third-order valence-electron chi connectivity index (χ3n) is 2.61. The zero-order valence-electron chi connectivity index (χ0n) is 10.7. The molecule has 0 saturated heterocycles. The lowest BCUT2D eigenvalue weighted by Gasteiger charge is -2.04. The van der Waals surface area contributed by atoms with Gasteiger partial charge < -0.3 is 10.4 Å². The van der Waals surface area contributed by atoms with Crippen LogP contribution in [0.4, 0.5) is 0 Å². The largest absolute Gasteiger partial charge is 0.393 e. The lowest BCUT2D eigenvalue weighted by atomic mass is 10.1. The zero-order chi connectivity index (χ0) is 12.8. The highest BCUT2D eigenvalue weighted by molar-refractivity contribution is 7.14. The van der Waals surface area contributed by atoms with Crippen LogP contribution in [-0.4, -0.2) is 23.7 Å². The van der Waals surface area contributed by atoms with Gasteiger partial charge in [-0.25, -0.2) is 0 Å². The van der Waals surface area contributed by atoms with Crippen molar-refractivity contribution < 1.29 is 9.90 Å². The van der Waals surface area contributed by atoms with Crippen LogP contribution in [0.5, 0.6) is 0 Å². The molecule has 3 nitrogen and oxygen atoms in total. The summed E-state index contributed by atoms with van der Waals surface area (Å²) in [5, 5.41) is 11.9. The molecule has 0 saturated carbocycles. The van der Waals surface area contributed by atoms with E-state index >= 15 is 0 Å². The molecule has 1 heterocycles. The summed E-state index contributed by atoms with van der Waals surface area (Å²) in [6, 6.07) is 1.99. The summed E-state index contributed by atoms with van der Waals surface area (Å²) in [7, 11) is 0. The second-order valence-electron chi connectivity index (χ2n) is 4.34. The van der Waals surface area contributed by atoms with Crippen molar-refractivity contribution in [3.63, 3.8) is 0 Å². The van der Waals surface area contributed by atoms with E-state index in [0.717, 1.165) is 17.7 Å². The number of nitrogens with one attached hydrogen (secondary N) is 1. The fourth-order valence-corrected chi connectivity index (χ4v) is 2.62. The number of hydrogen-bond acceptors (Lipinski definition) is 3. The van der Waals surface area contributed by atoms with E-state index in [1.54, 1.807) is 18.3 Å². The summed E-state index contributed by atoms with van der Waals surface area (Å²) in [4.78, 5) is 13.8. The molecule has 0 aliphatic carbocycles. The molecule has 96 valence electrons. The smallest absolute Gasteiger partial charge is 0.261 e. The summed E-state index contributed by atoms with van der Waals surface area (Å²) in [6.45, 7) is 6.44. The molecule has 1 aromatic heterocycles. The molecule has 0 bridgehead atoms. The van der Waals surface area contributed by atoms with E-state index in [0.29, 0.717) is 13.0 Å². The maximum absolute atomic E-state index is 11.8. The average molecular weight is 255 g/mol. The summed E-state index contributed by atoms with van der Waals surface area (Å²) in [6.07, 6.45) is 2.36. The van der Waals surface area contributed by atoms with E-state index in [2.05, 4.69) is 19.2 Å². The Balaban J connectivity index is 2.54. The van der Waals surface area contributed by atoms with Crippen LogP contribution in [0.1, 0.15) is 46.8 Å². The topological polar surface area (TPSA) is 49.3 Å². The van der Waals surface area contributed by atoms with E-state index in [9.17, 15) is 4.79 Å². The minimum Gasteiger partial charge on any atom is -0.393 e. The number of aliphatic hydroxyl groups is 1. The average Bonchev–Trinajstić information content (AvgIpc) is 2.60. The highest BCUT2D eigenvalue weighted by atomic mass is 32.1. The number of rotatable bonds is 6. The summed E-state index contributed by atoms with van der Waals surface area (Å²) < 4.78 is 0. The Hall–Kier alpha value is -0.870. The maximum atomic E-state index is 11.8. The molecule has 0 aromatic carbocycles. The molecule has 0 aliphatic heterocycles. The van der Waals surface area contributed by atoms with Crippen molar-refractivity contribution in [2.24, 2.45) is 0 Å². The second-order valence-corrected chi connectivity index (χ2v) is 5.59. The van der Waals surface area contributed by atoms with Crippen LogP contribution in [-0.2, 0) is 6.42 Å². The van der Waals surface area contributed by atoms with Crippen molar-refractivity contribution in [3.05, 3.63) is 21.4 Å². The molecule has 17 heavy (non-hydrogen) atoms. The number of hydrogen-bond donors (Lipinski definition) is 2. The number of amides is 1. The fourth-order valence-electron chi connectivity index (χ4n) is 1.63. The van der Waals surface area contributed by atoms with Crippen LogP contribution in [0.2, 0.25) is 0 Å². The highest BCUT2D eigenvalue weighted by Gasteiger charge is 2.11. The Morgan fingerprint density at radius 3 is 2.88 bits per heavy atom. The minimum absolute atomic E-state index is 0.0268. The third-order valence-corrected chi connectivity index (χ3v) is 3.70. The quantitative estimate of drug-likeness (QED) is 0.820. The van der Waals surface area contributed by atoms with E-state index in [4.69, 9.17) is 5.11 Å². The first kappa shape index (κ1) is 14.2. The van der Waals surface area contributed by atoms with Gasteiger partial charge in [-0.1, -0.05) is 13.3 Å². The second kappa shape index (κ2) is 6.77. The Bertz CT molecular complexity index is 371. The SMILES string of the molecule is CCCc1cc(C(=O)NCCC(C)O)sc1C. The van der Waals surface area contributed by atoms with Crippen LogP contribution in [0.15, 0.2) is 6.07 Å². The third kappa shape index (κ3) is 4.48. The van der Waals surface area contributed by atoms with Crippen molar-refractivity contribution in [1.29, 1.82) is 0 Å². The van der Waals surface area contributed by atoms with Crippen molar-refractivity contribution in [2.45, 2.75) is 46.1 Å². The predicted octanol–water partition coefficient (Wildman–Crippen LogP) is 2.51. The Morgan fingerprint density at radius 1 is 1.59 bits per heavy atom. The lowest BCUT2D eigenvalue weighted by Crippen LogP contribution is -2.25. The highest BCUT2D eigenvalue weighted by Crippen LogP contribution is 2.22. The normalized spacial score (nSPS) is 12.5. The number of aryl methyl sites for hydroxylation is 2. The van der Waals surface area contributed by atoms with Gasteiger partial charge in [-0.2, -0.15) is 0 Å². The first-order valence-corrected chi connectivity index (χ1v) is 6.91. The monoisotopic (exact) mass is 255 g/mol. The molecule has 1 rings (SSSR count). The molecule has 1 amide bonds. The van der Waals surface area contributed by atoms with Crippen LogP contribution in [0.25, 0.3) is 0 Å². The molecule has 2 N–H and O–H groups in total. The minimum atomic E-state index is -0.365. The van der Waals surface area contributed by atoms with Gasteiger partial charge in [0.2, 0.25) is 0 Å². The predicted molar refractivity (Wildman–Crippen MR) is 71.7 cm³/mol. The number of thiophene rings is 1. The van der Waals surface area contributed by atoms with Crippen LogP contribution in [0, 0.1) is 6.92 Å². The van der Waals surface area contributed by atoms with Gasteiger partial charge in [0.15, 0.2) is 0 Å². The van der Waals surface area contributed by atoms with E-state index in [1.165, 1.54) is 10.4 Å².